The Bertz CT molecular complexity index is 643. The summed E-state index contributed by atoms with van der Waals surface area (Å²) in [6.45, 7) is 1.73. The van der Waals surface area contributed by atoms with Gasteiger partial charge in [0.15, 0.2) is 0 Å². The third-order valence-corrected chi connectivity index (χ3v) is 2.95. The van der Waals surface area contributed by atoms with Crippen LogP contribution in [-0.4, -0.2) is 30.2 Å². The van der Waals surface area contributed by atoms with Crippen molar-refractivity contribution in [1.29, 1.82) is 0 Å². The molecule has 21 heavy (non-hydrogen) atoms. The summed E-state index contributed by atoms with van der Waals surface area (Å²) >= 11 is 0. The zero-order chi connectivity index (χ0) is 15.1. The predicted molar refractivity (Wildman–Crippen MR) is 77.6 cm³/mol. The summed E-state index contributed by atoms with van der Waals surface area (Å²) in [5.41, 5.74) is 0.895. The van der Waals surface area contributed by atoms with Gasteiger partial charge in [-0.15, -0.1) is 0 Å². The molecule has 0 spiro atoms. The maximum atomic E-state index is 13.6. The van der Waals surface area contributed by atoms with E-state index in [-0.39, 0.29) is 17.8 Å². The minimum Gasteiger partial charge on any atom is -0.383 e. The average Bonchev–Trinajstić information content (AvgIpc) is 2.46. The smallest absolute Gasteiger partial charge is 0.251 e. The van der Waals surface area contributed by atoms with Gasteiger partial charge in [0, 0.05) is 32.7 Å². The monoisotopic (exact) mass is 291 g/mol. The van der Waals surface area contributed by atoms with Gasteiger partial charge in [-0.2, -0.15) is 0 Å². The number of methoxy groups -OCH3 is 1. The molecule has 0 aliphatic rings. The molecule has 0 amide bonds. The molecule has 0 bridgehead atoms. The minimum absolute atomic E-state index is 0.236. The van der Waals surface area contributed by atoms with Crippen LogP contribution in [0.1, 0.15) is 17.1 Å². The molecule has 0 aliphatic heterocycles. The summed E-state index contributed by atoms with van der Waals surface area (Å²) in [5.74, 6) is 0.153. The van der Waals surface area contributed by atoms with Crippen molar-refractivity contribution in [2.45, 2.75) is 13.0 Å². The lowest BCUT2D eigenvalue weighted by Gasteiger charge is -2.06. The fourth-order valence-corrected chi connectivity index (χ4v) is 1.95. The Morgan fingerprint density at radius 1 is 1.38 bits per heavy atom. The molecule has 5 nitrogen and oxygen atoms in total. The molecule has 2 N–H and O–H groups in total. The van der Waals surface area contributed by atoms with Gasteiger partial charge >= 0.3 is 0 Å². The lowest BCUT2D eigenvalue weighted by atomic mass is 10.1. The molecule has 0 aliphatic carbocycles. The molecule has 0 saturated heterocycles. The summed E-state index contributed by atoms with van der Waals surface area (Å²) in [4.78, 5) is 18.6. The maximum Gasteiger partial charge on any atom is 0.251 e. The van der Waals surface area contributed by atoms with Crippen LogP contribution >= 0.6 is 0 Å². The topological polar surface area (TPSA) is 67.0 Å². The molecule has 2 rings (SSSR count). The molecule has 2 aromatic rings. The van der Waals surface area contributed by atoms with E-state index >= 15 is 0 Å². The number of benzene rings is 1. The molecule has 1 aromatic carbocycles. The number of hydrogen-bond donors (Lipinski definition) is 2. The number of ether oxygens (including phenoxy) is 1. The van der Waals surface area contributed by atoms with Crippen LogP contribution in [0.4, 0.5) is 4.39 Å². The van der Waals surface area contributed by atoms with E-state index in [2.05, 4.69) is 15.3 Å². The van der Waals surface area contributed by atoms with Crippen molar-refractivity contribution >= 4 is 0 Å². The van der Waals surface area contributed by atoms with Gasteiger partial charge < -0.3 is 15.0 Å². The fraction of sp³-hybridized carbons (Fsp3) is 0.333. The van der Waals surface area contributed by atoms with E-state index in [1.54, 1.807) is 25.3 Å². The van der Waals surface area contributed by atoms with Gasteiger partial charge in [0.2, 0.25) is 0 Å². The van der Waals surface area contributed by atoms with Crippen molar-refractivity contribution in [3.8, 4) is 0 Å². The zero-order valence-corrected chi connectivity index (χ0v) is 11.9. The average molecular weight is 291 g/mol. The largest absolute Gasteiger partial charge is 0.383 e. The number of hydrogen-bond acceptors (Lipinski definition) is 4. The molecule has 0 radical (unpaired) electrons. The minimum atomic E-state index is -0.302. The highest BCUT2D eigenvalue weighted by atomic mass is 19.1. The Kier molecular flexibility index (Phi) is 5.59. The molecular weight excluding hydrogens is 273 g/mol. The molecule has 1 aromatic heterocycles. The zero-order valence-electron chi connectivity index (χ0n) is 11.9. The van der Waals surface area contributed by atoms with Crippen molar-refractivity contribution in [3.05, 3.63) is 63.6 Å². The number of aromatic amines is 1. The number of nitrogens with zero attached hydrogens (tertiary/aromatic N) is 1. The van der Waals surface area contributed by atoms with Crippen LogP contribution in [0, 0.1) is 5.82 Å². The van der Waals surface area contributed by atoms with E-state index in [0.29, 0.717) is 36.8 Å². The van der Waals surface area contributed by atoms with Gasteiger partial charge in [0.1, 0.15) is 11.6 Å². The highest BCUT2D eigenvalue weighted by molar-refractivity contribution is 5.21. The van der Waals surface area contributed by atoms with Crippen LogP contribution in [0.15, 0.2) is 35.1 Å². The van der Waals surface area contributed by atoms with Crippen molar-refractivity contribution in [1.82, 2.24) is 15.3 Å². The van der Waals surface area contributed by atoms with E-state index in [1.165, 1.54) is 12.1 Å². The summed E-state index contributed by atoms with van der Waals surface area (Å²) in [7, 11) is 1.62. The Labute approximate surface area is 122 Å². The van der Waals surface area contributed by atoms with Crippen LogP contribution in [0.2, 0.25) is 0 Å². The normalized spacial score (nSPS) is 10.8. The Morgan fingerprint density at radius 2 is 2.19 bits per heavy atom. The number of rotatable bonds is 7. The number of aromatic nitrogens is 2. The van der Waals surface area contributed by atoms with Gasteiger partial charge in [0.25, 0.3) is 5.56 Å². The van der Waals surface area contributed by atoms with Crippen molar-refractivity contribution in [2.75, 3.05) is 20.3 Å². The lowest BCUT2D eigenvalue weighted by molar-refractivity contribution is 0.199. The Morgan fingerprint density at radius 3 is 2.95 bits per heavy atom. The van der Waals surface area contributed by atoms with Gasteiger partial charge in [-0.05, 0) is 11.6 Å². The van der Waals surface area contributed by atoms with Gasteiger partial charge in [-0.25, -0.2) is 9.37 Å². The molecule has 0 atom stereocenters. The van der Waals surface area contributed by atoms with E-state index in [4.69, 9.17) is 4.74 Å². The van der Waals surface area contributed by atoms with Gasteiger partial charge in [0.05, 0.1) is 12.3 Å². The first-order valence-electron chi connectivity index (χ1n) is 6.71. The van der Waals surface area contributed by atoms with E-state index < -0.39 is 0 Å². The SMILES string of the molecule is COCCNCc1cc(=O)[nH]c(Cc2ccccc2F)n1. The summed E-state index contributed by atoms with van der Waals surface area (Å²) in [6.07, 6.45) is 0.258. The molecule has 0 saturated carbocycles. The summed E-state index contributed by atoms with van der Waals surface area (Å²) in [5, 5.41) is 3.12. The molecule has 6 heteroatoms. The standard InChI is InChI=1S/C15H18FN3O2/c1-21-7-6-17-10-12-9-15(20)19-14(18-12)8-11-4-2-3-5-13(11)16/h2-5,9,17H,6-8,10H2,1H3,(H,18,19,20). The highest BCUT2D eigenvalue weighted by Gasteiger charge is 2.06. The van der Waals surface area contributed by atoms with Crippen LogP contribution < -0.4 is 10.9 Å². The van der Waals surface area contributed by atoms with E-state index in [1.807, 2.05) is 0 Å². The lowest BCUT2D eigenvalue weighted by Crippen LogP contribution is -2.22. The quantitative estimate of drug-likeness (QED) is 0.753. The fourth-order valence-electron chi connectivity index (χ4n) is 1.95. The third kappa shape index (κ3) is 4.77. The van der Waals surface area contributed by atoms with Crippen LogP contribution in [0.5, 0.6) is 0 Å². The second kappa shape index (κ2) is 7.66. The Balaban J connectivity index is 2.08. The predicted octanol–water partition coefficient (Wildman–Crippen LogP) is 1.24. The molecule has 1 heterocycles. The first-order valence-corrected chi connectivity index (χ1v) is 6.71. The highest BCUT2D eigenvalue weighted by Crippen LogP contribution is 2.09. The molecule has 0 unspecified atom stereocenters. The van der Waals surface area contributed by atoms with Crippen molar-refractivity contribution < 1.29 is 9.13 Å². The van der Waals surface area contributed by atoms with Crippen LogP contribution in [0.3, 0.4) is 0 Å². The van der Waals surface area contributed by atoms with Gasteiger partial charge in [-0.1, -0.05) is 18.2 Å². The van der Waals surface area contributed by atoms with Crippen LogP contribution in [0.25, 0.3) is 0 Å². The second-order valence-corrected chi connectivity index (χ2v) is 4.62. The molecule has 112 valence electrons. The number of halogens is 1. The van der Waals surface area contributed by atoms with E-state index in [0.717, 1.165) is 0 Å². The summed E-state index contributed by atoms with van der Waals surface area (Å²) in [6, 6.07) is 7.89. The third-order valence-electron chi connectivity index (χ3n) is 2.95. The van der Waals surface area contributed by atoms with Crippen LogP contribution in [-0.2, 0) is 17.7 Å². The number of H-pyrrole nitrogens is 1. The first kappa shape index (κ1) is 15.3. The maximum absolute atomic E-state index is 13.6. The van der Waals surface area contributed by atoms with Crippen molar-refractivity contribution in [3.63, 3.8) is 0 Å². The van der Waals surface area contributed by atoms with Gasteiger partial charge in [-0.3, -0.25) is 4.79 Å². The Hall–Kier alpha value is -2.05. The van der Waals surface area contributed by atoms with E-state index in [9.17, 15) is 9.18 Å². The van der Waals surface area contributed by atoms with Crippen molar-refractivity contribution in [2.24, 2.45) is 0 Å². The molecular formula is C15H18FN3O2. The second-order valence-electron chi connectivity index (χ2n) is 4.62. The molecule has 0 fully saturated rings. The summed E-state index contributed by atoms with van der Waals surface area (Å²) < 4.78 is 18.5. The first-order chi connectivity index (χ1) is 10.2. The number of nitrogens with one attached hydrogen (secondary N) is 2.